The number of nitrogens with zero attached hydrogens (tertiary/aromatic N) is 2. The molecule has 0 radical (unpaired) electrons. The van der Waals surface area contributed by atoms with Crippen LogP contribution < -0.4 is 5.32 Å². The third-order valence-electron chi connectivity index (χ3n) is 5.27. The van der Waals surface area contributed by atoms with Crippen LogP contribution in [0.3, 0.4) is 0 Å². The molecule has 2 aromatic carbocycles. The molecule has 0 spiro atoms. The number of nitrogens with one attached hydrogen (secondary N) is 1. The molecule has 0 aliphatic carbocycles. The Labute approximate surface area is 170 Å². The Morgan fingerprint density at radius 1 is 1.03 bits per heavy atom. The molecule has 29 heavy (non-hydrogen) atoms. The highest BCUT2D eigenvalue weighted by molar-refractivity contribution is 7.89. The highest BCUT2D eigenvalue weighted by Gasteiger charge is 2.27. The van der Waals surface area contributed by atoms with Gasteiger partial charge in [-0.05, 0) is 48.9 Å². The predicted molar refractivity (Wildman–Crippen MR) is 113 cm³/mol. The molecule has 1 aromatic heterocycles. The van der Waals surface area contributed by atoms with Gasteiger partial charge in [0.05, 0.1) is 4.90 Å². The van der Waals surface area contributed by atoms with Crippen molar-refractivity contribution >= 4 is 32.4 Å². The summed E-state index contributed by atoms with van der Waals surface area (Å²) < 4.78 is 27.7. The lowest BCUT2D eigenvalue weighted by Crippen LogP contribution is -2.36. The van der Waals surface area contributed by atoms with Crippen molar-refractivity contribution in [3.05, 3.63) is 66.0 Å². The van der Waals surface area contributed by atoms with Gasteiger partial charge >= 0.3 is 0 Å². The van der Waals surface area contributed by atoms with Crippen molar-refractivity contribution < 1.29 is 13.2 Å². The number of aryl methyl sites for hydroxylation is 1. The molecule has 2 heterocycles. The van der Waals surface area contributed by atoms with Crippen LogP contribution in [0.1, 0.15) is 35.3 Å². The van der Waals surface area contributed by atoms with E-state index in [2.05, 4.69) is 10.3 Å². The molecule has 3 aromatic rings. The summed E-state index contributed by atoms with van der Waals surface area (Å²) in [7, 11) is -3.58. The minimum atomic E-state index is -3.58. The second-order valence-electron chi connectivity index (χ2n) is 7.28. The number of amides is 1. The van der Waals surface area contributed by atoms with E-state index < -0.39 is 10.0 Å². The summed E-state index contributed by atoms with van der Waals surface area (Å²) in [6.07, 6.45) is 4.40. The van der Waals surface area contributed by atoms with Crippen molar-refractivity contribution in [2.45, 2.75) is 31.1 Å². The second kappa shape index (κ2) is 7.93. The zero-order valence-corrected chi connectivity index (χ0v) is 17.1. The maximum atomic E-state index is 13.1. The van der Waals surface area contributed by atoms with Gasteiger partial charge in [0, 0.05) is 30.4 Å². The molecule has 1 amide bonds. The average Bonchev–Trinajstić information content (AvgIpc) is 2.75. The number of hydrogen-bond acceptors (Lipinski definition) is 4. The number of carbonyl (C=O) groups is 1. The van der Waals surface area contributed by atoms with Crippen LogP contribution in [0.4, 0.5) is 5.69 Å². The van der Waals surface area contributed by atoms with Crippen molar-refractivity contribution in [2.75, 3.05) is 18.4 Å². The quantitative estimate of drug-likeness (QED) is 0.707. The van der Waals surface area contributed by atoms with Crippen molar-refractivity contribution in [1.82, 2.24) is 9.29 Å². The first-order valence-corrected chi connectivity index (χ1v) is 11.2. The molecule has 6 nitrogen and oxygen atoms in total. The van der Waals surface area contributed by atoms with Gasteiger partial charge < -0.3 is 5.32 Å². The Morgan fingerprint density at radius 2 is 1.79 bits per heavy atom. The van der Waals surface area contributed by atoms with E-state index >= 15 is 0 Å². The van der Waals surface area contributed by atoms with Crippen molar-refractivity contribution in [1.29, 1.82) is 0 Å². The summed E-state index contributed by atoms with van der Waals surface area (Å²) in [5, 5.41) is 4.48. The molecule has 1 saturated heterocycles. The normalized spacial score (nSPS) is 15.3. The summed E-state index contributed by atoms with van der Waals surface area (Å²) in [4.78, 5) is 17.3. The van der Waals surface area contributed by atoms with Crippen molar-refractivity contribution in [3.8, 4) is 0 Å². The molecule has 4 rings (SSSR count). The lowest BCUT2D eigenvalue weighted by atomic mass is 10.1. The van der Waals surface area contributed by atoms with E-state index in [1.165, 1.54) is 4.31 Å². The highest BCUT2D eigenvalue weighted by atomic mass is 32.2. The molecule has 1 aliphatic rings. The molecule has 1 N–H and O–H groups in total. The number of aromatic nitrogens is 1. The minimum Gasteiger partial charge on any atom is -0.321 e. The van der Waals surface area contributed by atoms with E-state index in [0.29, 0.717) is 30.0 Å². The third kappa shape index (κ3) is 3.88. The molecule has 0 saturated carbocycles. The topological polar surface area (TPSA) is 79.4 Å². The zero-order valence-electron chi connectivity index (χ0n) is 16.3. The second-order valence-corrected chi connectivity index (χ2v) is 9.19. The number of sulfonamides is 1. The first kappa shape index (κ1) is 19.5. The van der Waals surface area contributed by atoms with Gasteiger partial charge in [-0.25, -0.2) is 8.42 Å². The van der Waals surface area contributed by atoms with Gasteiger partial charge in [-0.2, -0.15) is 4.31 Å². The number of benzene rings is 2. The van der Waals surface area contributed by atoms with Gasteiger partial charge in [-0.1, -0.05) is 36.8 Å². The van der Waals surface area contributed by atoms with Crippen LogP contribution in [0.2, 0.25) is 0 Å². The van der Waals surface area contributed by atoms with Gasteiger partial charge in [-0.15, -0.1) is 0 Å². The maximum Gasteiger partial charge on any atom is 0.274 e. The van der Waals surface area contributed by atoms with E-state index in [0.717, 1.165) is 30.0 Å². The van der Waals surface area contributed by atoms with E-state index in [4.69, 9.17) is 0 Å². The number of pyridine rings is 1. The molecular formula is C22H23N3O3S. The maximum absolute atomic E-state index is 13.1. The van der Waals surface area contributed by atoms with Gasteiger partial charge in [0.25, 0.3) is 5.91 Å². The first-order valence-electron chi connectivity index (χ1n) is 9.73. The lowest BCUT2D eigenvalue weighted by Gasteiger charge is -2.26. The van der Waals surface area contributed by atoms with E-state index in [1.807, 2.05) is 30.3 Å². The number of hydrogen-bond donors (Lipinski definition) is 1. The first-order chi connectivity index (χ1) is 14.0. The fraction of sp³-hybridized carbons (Fsp3) is 0.273. The Bertz CT molecular complexity index is 1160. The Balaban J connectivity index is 1.64. The Kier molecular flexibility index (Phi) is 5.34. The summed E-state index contributed by atoms with van der Waals surface area (Å²) in [6, 6.07) is 14.4. The summed E-state index contributed by atoms with van der Waals surface area (Å²) >= 11 is 0. The third-order valence-corrected chi connectivity index (χ3v) is 7.31. The van der Waals surface area contributed by atoms with Gasteiger partial charge in [-0.3, -0.25) is 9.78 Å². The number of piperidine rings is 1. The van der Waals surface area contributed by atoms with Gasteiger partial charge in [0.2, 0.25) is 10.0 Å². The van der Waals surface area contributed by atoms with Gasteiger partial charge in [0.1, 0.15) is 5.69 Å². The molecular weight excluding hydrogens is 386 g/mol. The minimum absolute atomic E-state index is 0.239. The molecule has 0 bridgehead atoms. The molecule has 1 fully saturated rings. The zero-order chi connectivity index (χ0) is 20.4. The molecule has 150 valence electrons. The van der Waals surface area contributed by atoms with E-state index in [1.54, 1.807) is 31.3 Å². The molecule has 0 unspecified atom stereocenters. The molecule has 0 atom stereocenters. The SMILES string of the molecule is Cc1ccc(NC(=O)c2nccc3ccccc23)cc1S(=O)(=O)N1CCCCC1. The smallest absolute Gasteiger partial charge is 0.274 e. The van der Waals surface area contributed by atoms with Crippen LogP contribution in [-0.2, 0) is 10.0 Å². The number of carbonyl (C=O) groups excluding carboxylic acids is 1. The van der Waals surface area contributed by atoms with Crippen LogP contribution in [0.15, 0.2) is 59.6 Å². The van der Waals surface area contributed by atoms with Crippen LogP contribution in [0.5, 0.6) is 0 Å². The van der Waals surface area contributed by atoms with Crippen molar-refractivity contribution in [3.63, 3.8) is 0 Å². The Hall–Kier alpha value is -2.77. The summed E-state index contributed by atoms with van der Waals surface area (Å²) in [6.45, 7) is 2.85. The fourth-order valence-corrected chi connectivity index (χ4v) is 5.46. The predicted octanol–water partition coefficient (Wildman–Crippen LogP) is 3.97. The van der Waals surface area contributed by atoms with Crippen molar-refractivity contribution in [2.24, 2.45) is 0 Å². The standard InChI is InChI=1S/C22H23N3O3S/c1-16-9-10-18(15-20(16)29(27,28)25-13-5-2-6-14-25)24-22(26)21-19-8-4-3-7-17(19)11-12-23-21/h3-4,7-12,15H,2,5-6,13-14H2,1H3,(H,24,26). The summed E-state index contributed by atoms with van der Waals surface area (Å²) in [5.41, 5.74) is 1.41. The van der Waals surface area contributed by atoms with Crippen LogP contribution in [0, 0.1) is 6.92 Å². The van der Waals surface area contributed by atoms with E-state index in [9.17, 15) is 13.2 Å². The molecule has 1 aliphatic heterocycles. The monoisotopic (exact) mass is 409 g/mol. The van der Waals surface area contributed by atoms with E-state index in [-0.39, 0.29) is 10.8 Å². The lowest BCUT2D eigenvalue weighted by molar-refractivity contribution is 0.102. The van der Waals surface area contributed by atoms with Crippen LogP contribution >= 0.6 is 0 Å². The largest absolute Gasteiger partial charge is 0.321 e. The van der Waals surface area contributed by atoms with Crippen LogP contribution in [0.25, 0.3) is 10.8 Å². The van der Waals surface area contributed by atoms with Gasteiger partial charge in [0.15, 0.2) is 0 Å². The highest BCUT2D eigenvalue weighted by Crippen LogP contribution is 2.26. The average molecular weight is 410 g/mol. The Morgan fingerprint density at radius 3 is 2.59 bits per heavy atom. The number of rotatable bonds is 4. The number of fused-ring (bicyclic) bond motifs is 1. The summed E-state index contributed by atoms with van der Waals surface area (Å²) in [5.74, 6) is -0.369. The molecule has 7 heteroatoms. The van der Waals surface area contributed by atoms with Crippen LogP contribution in [-0.4, -0.2) is 36.7 Å². The fourth-order valence-electron chi connectivity index (χ4n) is 3.69. The number of anilines is 1.